The SMILES string of the molecule is COC(=O)CNC(=O)C(CC(C)C)NC(=O)c1cc(-c2c(OC)cccc2OC)n(CC(C)C)n1. The van der Waals surface area contributed by atoms with Crippen molar-refractivity contribution in [1.29, 1.82) is 0 Å². The van der Waals surface area contributed by atoms with Crippen molar-refractivity contribution in [3.05, 3.63) is 30.0 Å². The van der Waals surface area contributed by atoms with Crippen LogP contribution in [0, 0.1) is 11.8 Å². The van der Waals surface area contributed by atoms with Crippen LogP contribution in [-0.4, -0.2) is 61.5 Å². The van der Waals surface area contributed by atoms with E-state index in [1.165, 1.54) is 7.11 Å². The number of nitrogens with zero attached hydrogens (tertiary/aromatic N) is 2. The van der Waals surface area contributed by atoms with Gasteiger partial charge >= 0.3 is 5.97 Å². The number of carbonyl (C=O) groups is 3. The molecule has 0 aliphatic rings. The van der Waals surface area contributed by atoms with Gasteiger partial charge in [-0.05, 0) is 36.5 Å². The molecule has 10 heteroatoms. The molecule has 1 heterocycles. The number of carbonyl (C=O) groups excluding carboxylic acids is 3. The van der Waals surface area contributed by atoms with E-state index in [1.54, 1.807) is 25.0 Å². The van der Waals surface area contributed by atoms with Crippen LogP contribution in [0.1, 0.15) is 44.6 Å². The summed E-state index contributed by atoms with van der Waals surface area (Å²) in [7, 11) is 4.38. The third-order valence-corrected chi connectivity index (χ3v) is 5.20. The largest absolute Gasteiger partial charge is 0.496 e. The van der Waals surface area contributed by atoms with Crippen molar-refractivity contribution < 1.29 is 28.6 Å². The second-order valence-electron chi connectivity index (χ2n) is 8.98. The van der Waals surface area contributed by atoms with Gasteiger partial charge < -0.3 is 24.8 Å². The number of nitrogens with one attached hydrogen (secondary N) is 2. The van der Waals surface area contributed by atoms with E-state index in [4.69, 9.17) is 9.47 Å². The normalized spacial score (nSPS) is 11.8. The van der Waals surface area contributed by atoms with Crippen LogP contribution in [-0.2, 0) is 20.9 Å². The summed E-state index contributed by atoms with van der Waals surface area (Å²) in [6, 6.07) is 6.27. The predicted molar refractivity (Wildman–Crippen MR) is 131 cm³/mol. The van der Waals surface area contributed by atoms with Gasteiger partial charge in [-0.25, -0.2) is 0 Å². The molecule has 0 bridgehead atoms. The lowest BCUT2D eigenvalue weighted by atomic mass is 10.0. The van der Waals surface area contributed by atoms with Crippen LogP contribution < -0.4 is 20.1 Å². The van der Waals surface area contributed by atoms with E-state index >= 15 is 0 Å². The first-order chi connectivity index (χ1) is 16.6. The molecule has 2 aromatic rings. The van der Waals surface area contributed by atoms with Crippen LogP contribution in [0.2, 0.25) is 0 Å². The molecule has 1 atom stereocenters. The van der Waals surface area contributed by atoms with Gasteiger partial charge in [0.2, 0.25) is 5.91 Å². The van der Waals surface area contributed by atoms with Gasteiger partial charge in [0.05, 0.1) is 32.6 Å². The van der Waals surface area contributed by atoms with E-state index in [1.807, 2.05) is 32.0 Å². The average Bonchev–Trinajstić information content (AvgIpc) is 3.23. The van der Waals surface area contributed by atoms with Gasteiger partial charge in [-0.3, -0.25) is 19.1 Å². The maximum absolute atomic E-state index is 13.2. The van der Waals surface area contributed by atoms with Crippen molar-refractivity contribution in [2.45, 2.75) is 46.7 Å². The monoisotopic (exact) mass is 488 g/mol. The zero-order valence-corrected chi connectivity index (χ0v) is 21.5. The molecule has 2 rings (SSSR count). The number of aromatic nitrogens is 2. The molecule has 1 aromatic carbocycles. The Bertz CT molecular complexity index is 1010. The Morgan fingerprint density at radius 1 is 1.00 bits per heavy atom. The van der Waals surface area contributed by atoms with Crippen LogP contribution in [0.15, 0.2) is 24.3 Å². The molecule has 2 amide bonds. The molecule has 0 saturated heterocycles. The highest BCUT2D eigenvalue weighted by Gasteiger charge is 2.26. The Kier molecular flexibility index (Phi) is 10.1. The van der Waals surface area contributed by atoms with Crippen LogP contribution in [0.4, 0.5) is 0 Å². The zero-order chi connectivity index (χ0) is 26.1. The summed E-state index contributed by atoms with van der Waals surface area (Å²) in [6.07, 6.45) is 0.388. The second-order valence-corrected chi connectivity index (χ2v) is 8.98. The van der Waals surface area contributed by atoms with Crippen molar-refractivity contribution in [2.24, 2.45) is 11.8 Å². The van der Waals surface area contributed by atoms with Crippen LogP contribution in [0.5, 0.6) is 11.5 Å². The number of ether oxygens (including phenoxy) is 3. The lowest BCUT2D eigenvalue weighted by Gasteiger charge is -2.19. The maximum Gasteiger partial charge on any atom is 0.325 e. The topological polar surface area (TPSA) is 121 Å². The highest BCUT2D eigenvalue weighted by atomic mass is 16.5. The highest BCUT2D eigenvalue weighted by Crippen LogP contribution is 2.38. The third-order valence-electron chi connectivity index (χ3n) is 5.20. The molecule has 2 N–H and O–H groups in total. The molecule has 0 radical (unpaired) electrons. The fourth-order valence-corrected chi connectivity index (χ4v) is 3.61. The fourth-order valence-electron chi connectivity index (χ4n) is 3.61. The van der Waals surface area contributed by atoms with Gasteiger partial charge in [0, 0.05) is 6.54 Å². The molecule has 1 unspecified atom stereocenters. The number of hydrogen-bond donors (Lipinski definition) is 2. The lowest BCUT2D eigenvalue weighted by molar-refractivity contribution is -0.141. The quantitative estimate of drug-likeness (QED) is 0.441. The van der Waals surface area contributed by atoms with Crippen molar-refractivity contribution in [2.75, 3.05) is 27.9 Å². The van der Waals surface area contributed by atoms with Crippen molar-refractivity contribution in [1.82, 2.24) is 20.4 Å². The first kappa shape index (κ1) is 27.7. The van der Waals surface area contributed by atoms with Crippen molar-refractivity contribution in [3.8, 4) is 22.8 Å². The Balaban J connectivity index is 2.41. The Labute approximate surface area is 206 Å². The summed E-state index contributed by atoms with van der Waals surface area (Å²) in [5, 5.41) is 9.82. The van der Waals surface area contributed by atoms with Gasteiger partial charge in [0.25, 0.3) is 5.91 Å². The molecule has 1 aromatic heterocycles. The predicted octanol–water partition coefficient (Wildman–Crippen LogP) is 2.66. The number of benzene rings is 1. The number of hydrogen-bond acceptors (Lipinski definition) is 7. The van der Waals surface area contributed by atoms with E-state index in [0.29, 0.717) is 35.7 Å². The van der Waals surface area contributed by atoms with Gasteiger partial charge in [0.15, 0.2) is 5.69 Å². The zero-order valence-electron chi connectivity index (χ0n) is 21.5. The molecule has 0 aliphatic heterocycles. The van der Waals surface area contributed by atoms with E-state index in [9.17, 15) is 14.4 Å². The summed E-state index contributed by atoms with van der Waals surface area (Å²) in [4.78, 5) is 37.3. The van der Waals surface area contributed by atoms with E-state index in [0.717, 1.165) is 0 Å². The molecule has 10 nitrogen and oxygen atoms in total. The maximum atomic E-state index is 13.2. The summed E-state index contributed by atoms with van der Waals surface area (Å²) in [5.74, 6) is 0.00396. The number of esters is 1. The highest BCUT2D eigenvalue weighted by molar-refractivity contribution is 5.97. The van der Waals surface area contributed by atoms with Crippen LogP contribution in [0.25, 0.3) is 11.3 Å². The second kappa shape index (κ2) is 12.8. The van der Waals surface area contributed by atoms with Gasteiger partial charge in [-0.1, -0.05) is 33.8 Å². The molecular formula is C25H36N4O6. The third kappa shape index (κ3) is 7.46. The Morgan fingerprint density at radius 3 is 2.14 bits per heavy atom. The average molecular weight is 489 g/mol. The fraction of sp³-hybridized carbons (Fsp3) is 0.520. The van der Waals surface area contributed by atoms with Crippen molar-refractivity contribution >= 4 is 17.8 Å². The Morgan fingerprint density at radius 2 is 1.63 bits per heavy atom. The van der Waals surface area contributed by atoms with Gasteiger partial charge in [-0.15, -0.1) is 0 Å². The minimum Gasteiger partial charge on any atom is -0.496 e. The first-order valence-electron chi connectivity index (χ1n) is 11.6. The molecule has 0 fully saturated rings. The van der Waals surface area contributed by atoms with Gasteiger partial charge in [-0.2, -0.15) is 5.10 Å². The van der Waals surface area contributed by atoms with Crippen molar-refractivity contribution in [3.63, 3.8) is 0 Å². The van der Waals surface area contributed by atoms with E-state index in [2.05, 4.69) is 34.3 Å². The molecule has 0 aliphatic carbocycles. The molecule has 0 spiro atoms. The summed E-state index contributed by atoms with van der Waals surface area (Å²) >= 11 is 0. The number of amides is 2. The number of methoxy groups -OCH3 is 3. The van der Waals surface area contributed by atoms with E-state index < -0.39 is 23.8 Å². The molecule has 0 saturated carbocycles. The summed E-state index contributed by atoms with van der Waals surface area (Å²) < 4.78 is 17.4. The van der Waals surface area contributed by atoms with Crippen LogP contribution >= 0.6 is 0 Å². The molecule has 192 valence electrons. The summed E-state index contributed by atoms with van der Waals surface area (Å²) in [6.45, 7) is 8.26. The molecular weight excluding hydrogens is 452 g/mol. The van der Waals surface area contributed by atoms with Crippen LogP contribution in [0.3, 0.4) is 0 Å². The standard InChI is InChI=1S/C25H36N4O6/c1-15(2)11-17(24(31)26-13-22(30)35-7)27-25(32)18-12-19(29(28-18)14-16(3)4)23-20(33-5)9-8-10-21(23)34-6/h8-10,12,15-17H,11,13-14H2,1-7H3,(H,26,31)(H,27,32). The lowest BCUT2D eigenvalue weighted by Crippen LogP contribution is -2.48. The Hall–Kier alpha value is -3.56. The first-order valence-corrected chi connectivity index (χ1v) is 11.6. The van der Waals surface area contributed by atoms with Gasteiger partial charge in [0.1, 0.15) is 24.1 Å². The minimum absolute atomic E-state index is 0.121. The van der Waals surface area contributed by atoms with E-state index in [-0.39, 0.29) is 24.1 Å². The smallest absolute Gasteiger partial charge is 0.325 e. The minimum atomic E-state index is -0.841. The summed E-state index contributed by atoms with van der Waals surface area (Å²) in [5.41, 5.74) is 1.50. The molecule has 35 heavy (non-hydrogen) atoms. The number of rotatable bonds is 12.